The lowest BCUT2D eigenvalue weighted by Gasteiger charge is -2.29. The fourth-order valence-corrected chi connectivity index (χ4v) is 4.87. The molecule has 0 radical (unpaired) electrons. The Labute approximate surface area is 168 Å². The van der Waals surface area contributed by atoms with E-state index in [1.165, 1.54) is 4.68 Å². The van der Waals surface area contributed by atoms with E-state index in [1.54, 1.807) is 19.2 Å². The molecule has 1 saturated carbocycles. The van der Waals surface area contributed by atoms with Crippen LogP contribution in [0, 0.1) is 0 Å². The van der Waals surface area contributed by atoms with E-state index in [0.29, 0.717) is 5.39 Å². The highest BCUT2D eigenvalue weighted by Crippen LogP contribution is 2.37. The summed E-state index contributed by atoms with van der Waals surface area (Å²) in [6.07, 6.45) is 6.28. The number of anilines is 1. The zero-order chi connectivity index (χ0) is 20.0. The van der Waals surface area contributed by atoms with Crippen LogP contribution in [0.5, 0.6) is 0 Å². The molecular weight excluding hydrogens is 366 g/mol. The van der Waals surface area contributed by atoms with Crippen LogP contribution < -0.4 is 16.0 Å². The molecule has 0 N–H and O–H groups in total. The zero-order valence-electron chi connectivity index (χ0n) is 16.6. The Morgan fingerprint density at radius 2 is 1.76 bits per heavy atom. The van der Waals surface area contributed by atoms with E-state index in [9.17, 15) is 9.59 Å². The van der Waals surface area contributed by atoms with Crippen LogP contribution in [0.4, 0.5) is 5.82 Å². The van der Waals surface area contributed by atoms with Crippen LogP contribution >= 0.6 is 0 Å². The SMILES string of the molecule is Cn1nc(N2CCCC2c2nc3ccccc3c(=O)n2C2CCCC2)ccc1=O. The van der Waals surface area contributed by atoms with E-state index >= 15 is 0 Å². The molecule has 2 aliphatic rings. The van der Waals surface area contributed by atoms with Crippen LogP contribution in [0.3, 0.4) is 0 Å². The molecule has 7 nitrogen and oxygen atoms in total. The van der Waals surface area contributed by atoms with Gasteiger partial charge in [0.1, 0.15) is 11.6 Å². The number of rotatable bonds is 3. The minimum absolute atomic E-state index is 0.0158. The minimum Gasteiger partial charge on any atom is -0.345 e. The average molecular weight is 391 g/mol. The summed E-state index contributed by atoms with van der Waals surface area (Å²) >= 11 is 0. The van der Waals surface area contributed by atoms with Crippen molar-refractivity contribution in [2.45, 2.75) is 50.6 Å². The quantitative estimate of drug-likeness (QED) is 0.686. The van der Waals surface area contributed by atoms with E-state index in [0.717, 1.165) is 62.2 Å². The molecule has 29 heavy (non-hydrogen) atoms. The Hall–Kier alpha value is -2.96. The van der Waals surface area contributed by atoms with E-state index in [2.05, 4.69) is 10.00 Å². The standard InChI is InChI=1S/C22H25N5O2/c1-25-20(28)13-12-19(24-25)26-14-6-11-18(26)21-23-17-10-5-4-9-16(17)22(29)27(21)15-7-2-3-8-15/h4-5,9-10,12-13,15,18H,2-3,6-8,11,14H2,1H3. The highest BCUT2D eigenvalue weighted by Gasteiger charge is 2.34. The summed E-state index contributed by atoms with van der Waals surface area (Å²) in [5.74, 6) is 1.60. The van der Waals surface area contributed by atoms with Crippen molar-refractivity contribution >= 4 is 16.7 Å². The third kappa shape index (κ3) is 3.05. The van der Waals surface area contributed by atoms with Gasteiger partial charge < -0.3 is 4.90 Å². The van der Waals surface area contributed by atoms with Gasteiger partial charge in [0.05, 0.1) is 16.9 Å². The van der Waals surface area contributed by atoms with Crippen LogP contribution in [0.1, 0.15) is 56.4 Å². The molecule has 1 unspecified atom stereocenters. The lowest BCUT2D eigenvalue weighted by Crippen LogP contribution is -2.35. The lowest BCUT2D eigenvalue weighted by atomic mass is 10.1. The Bertz CT molecular complexity index is 1180. The first-order valence-electron chi connectivity index (χ1n) is 10.5. The summed E-state index contributed by atoms with van der Waals surface area (Å²) in [4.78, 5) is 32.5. The number of fused-ring (bicyclic) bond motifs is 1. The van der Waals surface area contributed by atoms with Crippen molar-refractivity contribution in [3.05, 3.63) is 62.9 Å². The summed E-state index contributed by atoms with van der Waals surface area (Å²) in [7, 11) is 1.67. The van der Waals surface area contributed by atoms with E-state index in [1.807, 2.05) is 28.8 Å². The van der Waals surface area contributed by atoms with E-state index < -0.39 is 0 Å². The predicted octanol–water partition coefficient (Wildman–Crippen LogP) is 2.95. The van der Waals surface area contributed by atoms with Crippen molar-refractivity contribution < 1.29 is 0 Å². The van der Waals surface area contributed by atoms with Gasteiger partial charge in [-0.2, -0.15) is 5.10 Å². The highest BCUT2D eigenvalue weighted by molar-refractivity contribution is 5.77. The van der Waals surface area contributed by atoms with Crippen molar-refractivity contribution in [1.82, 2.24) is 19.3 Å². The first kappa shape index (κ1) is 18.1. The van der Waals surface area contributed by atoms with Gasteiger partial charge in [-0.25, -0.2) is 9.67 Å². The van der Waals surface area contributed by atoms with Gasteiger partial charge in [-0.15, -0.1) is 0 Å². The number of hydrogen-bond donors (Lipinski definition) is 0. The molecule has 7 heteroatoms. The maximum atomic E-state index is 13.5. The Morgan fingerprint density at radius 1 is 0.966 bits per heavy atom. The van der Waals surface area contributed by atoms with E-state index in [4.69, 9.17) is 4.98 Å². The molecular formula is C22H25N5O2. The molecule has 5 rings (SSSR count). The van der Waals surface area contributed by atoms with Gasteiger partial charge in [-0.1, -0.05) is 25.0 Å². The normalized spacial score (nSPS) is 20.0. The maximum Gasteiger partial charge on any atom is 0.266 e. The Morgan fingerprint density at radius 3 is 2.55 bits per heavy atom. The maximum absolute atomic E-state index is 13.5. The summed E-state index contributed by atoms with van der Waals surface area (Å²) < 4.78 is 3.34. The molecule has 0 spiro atoms. The molecule has 1 aromatic carbocycles. The number of aryl methyl sites for hydroxylation is 1. The zero-order valence-corrected chi connectivity index (χ0v) is 16.6. The van der Waals surface area contributed by atoms with Gasteiger partial charge in [0.25, 0.3) is 11.1 Å². The van der Waals surface area contributed by atoms with Gasteiger partial charge in [0.15, 0.2) is 0 Å². The third-order valence-electron chi connectivity index (χ3n) is 6.32. The number of hydrogen-bond acceptors (Lipinski definition) is 5. The monoisotopic (exact) mass is 391 g/mol. The number of nitrogens with zero attached hydrogens (tertiary/aromatic N) is 5. The number of para-hydroxylation sites is 1. The summed E-state index contributed by atoms with van der Waals surface area (Å²) in [5.41, 5.74) is 0.691. The summed E-state index contributed by atoms with van der Waals surface area (Å²) in [5, 5.41) is 5.15. The topological polar surface area (TPSA) is 73.0 Å². The van der Waals surface area contributed by atoms with Crippen LogP contribution in [-0.4, -0.2) is 25.9 Å². The number of aromatic nitrogens is 4. The van der Waals surface area contributed by atoms with Crippen LogP contribution in [0.2, 0.25) is 0 Å². The first-order valence-corrected chi connectivity index (χ1v) is 10.5. The molecule has 3 heterocycles. The van der Waals surface area contributed by atoms with Crippen LogP contribution in [0.15, 0.2) is 46.0 Å². The molecule has 0 bridgehead atoms. The third-order valence-corrected chi connectivity index (χ3v) is 6.32. The molecule has 3 aromatic rings. The fraction of sp³-hybridized carbons (Fsp3) is 0.455. The highest BCUT2D eigenvalue weighted by atomic mass is 16.1. The fourth-order valence-electron chi connectivity index (χ4n) is 4.87. The van der Waals surface area contributed by atoms with Gasteiger partial charge in [-0.3, -0.25) is 14.2 Å². The second-order valence-corrected chi connectivity index (χ2v) is 8.11. The molecule has 1 aliphatic carbocycles. The Balaban J connectivity index is 1.68. The molecule has 2 fully saturated rings. The van der Waals surface area contributed by atoms with Crippen molar-refractivity contribution in [3.8, 4) is 0 Å². The second kappa shape index (κ2) is 7.13. The molecule has 2 aromatic heterocycles. The second-order valence-electron chi connectivity index (χ2n) is 8.11. The van der Waals surface area contributed by atoms with Crippen molar-refractivity contribution in [3.63, 3.8) is 0 Å². The molecule has 150 valence electrons. The minimum atomic E-state index is -0.129. The smallest absolute Gasteiger partial charge is 0.266 e. The van der Waals surface area contributed by atoms with Crippen LogP contribution in [-0.2, 0) is 7.05 Å². The largest absolute Gasteiger partial charge is 0.345 e. The average Bonchev–Trinajstić information content (AvgIpc) is 3.42. The van der Waals surface area contributed by atoms with Gasteiger partial charge >= 0.3 is 0 Å². The summed E-state index contributed by atoms with van der Waals surface area (Å²) in [6.45, 7) is 0.837. The van der Waals surface area contributed by atoms with Crippen molar-refractivity contribution in [2.75, 3.05) is 11.4 Å². The summed E-state index contributed by atoms with van der Waals surface area (Å²) in [6, 6.07) is 11.2. The van der Waals surface area contributed by atoms with Gasteiger partial charge in [0, 0.05) is 25.7 Å². The molecule has 1 atom stereocenters. The molecule has 1 aliphatic heterocycles. The lowest BCUT2D eigenvalue weighted by molar-refractivity contribution is 0.453. The Kier molecular flexibility index (Phi) is 4.45. The van der Waals surface area contributed by atoms with Gasteiger partial charge in [-0.05, 0) is 43.9 Å². The molecule has 1 saturated heterocycles. The van der Waals surface area contributed by atoms with Crippen LogP contribution in [0.25, 0.3) is 10.9 Å². The van der Waals surface area contributed by atoms with Gasteiger partial charge in [0.2, 0.25) is 0 Å². The van der Waals surface area contributed by atoms with Crippen molar-refractivity contribution in [1.29, 1.82) is 0 Å². The van der Waals surface area contributed by atoms with E-state index in [-0.39, 0.29) is 23.2 Å². The molecule has 0 amide bonds. The predicted molar refractivity (Wildman–Crippen MR) is 112 cm³/mol. The van der Waals surface area contributed by atoms with Crippen molar-refractivity contribution in [2.24, 2.45) is 7.05 Å². The first-order chi connectivity index (χ1) is 14.1. The number of benzene rings is 1.